The van der Waals surface area contributed by atoms with E-state index in [0.29, 0.717) is 21.2 Å². The third kappa shape index (κ3) is 4.84. The molecule has 4 aromatic rings. The highest BCUT2D eigenvalue weighted by atomic mass is 32.2. The summed E-state index contributed by atoms with van der Waals surface area (Å²) in [5, 5.41) is 1.92. The number of rotatable bonds is 5. The number of thiazole rings is 1. The van der Waals surface area contributed by atoms with E-state index in [-0.39, 0.29) is 5.69 Å². The summed E-state index contributed by atoms with van der Waals surface area (Å²) in [6.45, 7) is -0.490. The highest BCUT2D eigenvalue weighted by molar-refractivity contribution is 8.00. The highest BCUT2D eigenvalue weighted by Gasteiger charge is 2.56. The smallest absolute Gasteiger partial charge is 0.325 e. The van der Waals surface area contributed by atoms with Crippen LogP contribution in [0.4, 0.5) is 24.5 Å². The number of amides is 3. The molecule has 2 aromatic heterocycles. The summed E-state index contributed by atoms with van der Waals surface area (Å²) in [6.07, 6.45) is -1.43. The van der Waals surface area contributed by atoms with Crippen molar-refractivity contribution >= 4 is 52.2 Å². The number of nitrogens with zero attached hydrogens (tertiary/aromatic N) is 3. The molecule has 0 spiro atoms. The topological polar surface area (TPSA) is 101 Å². The van der Waals surface area contributed by atoms with Crippen molar-refractivity contribution in [2.24, 2.45) is 5.92 Å². The molecule has 2 aromatic carbocycles. The zero-order valence-electron chi connectivity index (χ0n) is 20.9. The Balaban J connectivity index is 1.36. The van der Waals surface area contributed by atoms with Crippen molar-refractivity contribution in [3.8, 4) is 0 Å². The molecule has 3 amide bonds. The van der Waals surface area contributed by atoms with Crippen molar-refractivity contribution in [1.29, 1.82) is 0 Å². The lowest BCUT2D eigenvalue weighted by molar-refractivity contribution is -0.137. The minimum Gasteiger partial charge on any atom is -0.325 e. The standard InChI is InChI=1S/C28H19F3N4O4S2/c29-28(30,31)16-7-4-8-17(12-16)33-19(36)14-34-26-23(41-27(34)39)20(15-6-5-11-32-13-15)21-22(40-26)25(38)35(24(21)37)18-9-2-1-3-10-18/h1-13,20-22H,14H2,(H,33,36)/t20-,21-,22+/m0/s1. The Morgan fingerprint density at radius 1 is 0.976 bits per heavy atom. The molecule has 6 rings (SSSR count). The lowest BCUT2D eigenvalue weighted by atomic mass is 9.84. The Labute approximate surface area is 238 Å². The first-order valence-electron chi connectivity index (χ1n) is 12.3. The quantitative estimate of drug-likeness (QED) is 0.334. The number of hydrogen-bond donors (Lipinski definition) is 1. The van der Waals surface area contributed by atoms with E-state index in [9.17, 15) is 32.3 Å². The first-order chi connectivity index (χ1) is 19.6. The molecule has 8 nitrogen and oxygen atoms in total. The Morgan fingerprint density at radius 2 is 1.76 bits per heavy atom. The second-order valence-corrected chi connectivity index (χ2v) is 11.5. The number of halogens is 3. The van der Waals surface area contributed by atoms with Gasteiger partial charge in [-0.1, -0.05) is 53.4 Å². The fourth-order valence-electron chi connectivity index (χ4n) is 5.12. The van der Waals surface area contributed by atoms with Gasteiger partial charge in [0.2, 0.25) is 17.7 Å². The maximum absolute atomic E-state index is 13.8. The fraction of sp³-hybridized carbons (Fsp3) is 0.179. The Hall–Kier alpha value is -4.23. The first-order valence-corrected chi connectivity index (χ1v) is 14.0. The average Bonchev–Trinajstić information content (AvgIpc) is 3.39. The summed E-state index contributed by atoms with van der Waals surface area (Å²) in [7, 11) is 0. The molecule has 2 aliphatic heterocycles. The summed E-state index contributed by atoms with van der Waals surface area (Å²) in [6, 6.07) is 16.2. The molecule has 0 radical (unpaired) electrons. The van der Waals surface area contributed by atoms with Gasteiger partial charge in [-0.05, 0) is 42.0 Å². The third-order valence-electron chi connectivity index (χ3n) is 6.88. The Bertz CT molecular complexity index is 1720. The van der Waals surface area contributed by atoms with Crippen LogP contribution < -0.4 is 15.1 Å². The summed E-state index contributed by atoms with van der Waals surface area (Å²) >= 11 is 1.92. The highest BCUT2D eigenvalue weighted by Crippen LogP contribution is 2.53. The molecule has 208 valence electrons. The van der Waals surface area contributed by atoms with Gasteiger partial charge < -0.3 is 5.32 Å². The SMILES string of the molecule is O=C(Cn1c2c(sc1=O)[C@@H](c1cccnc1)[C@@H]1C(=O)N(c3ccccc3)C(=O)[C@@H]1S2)Nc1cccc(C(F)(F)F)c1. The van der Waals surface area contributed by atoms with E-state index in [2.05, 4.69) is 10.3 Å². The van der Waals surface area contributed by atoms with Gasteiger partial charge in [0.1, 0.15) is 11.8 Å². The van der Waals surface area contributed by atoms with Gasteiger partial charge >= 0.3 is 11.0 Å². The molecule has 0 aliphatic carbocycles. The van der Waals surface area contributed by atoms with Crippen LogP contribution in [0.15, 0.2) is 88.9 Å². The van der Waals surface area contributed by atoms with Crippen LogP contribution in [0.3, 0.4) is 0 Å². The molecule has 13 heteroatoms. The van der Waals surface area contributed by atoms with Crippen LogP contribution >= 0.6 is 23.1 Å². The molecule has 3 atom stereocenters. The Kier molecular flexibility index (Phi) is 6.78. The third-order valence-corrected chi connectivity index (χ3v) is 9.49. The molecule has 1 saturated heterocycles. The lowest BCUT2D eigenvalue weighted by Gasteiger charge is -2.30. The van der Waals surface area contributed by atoms with E-state index >= 15 is 0 Å². The monoisotopic (exact) mass is 596 g/mol. The number of carbonyl (C=O) groups excluding carboxylic acids is 3. The van der Waals surface area contributed by atoms with Crippen LogP contribution in [0.1, 0.15) is 21.9 Å². The maximum Gasteiger partial charge on any atom is 0.416 e. The van der Waals surface area contributed by atoms with Gasteiger partial charge in [-0.2, -0.15) is 13.2 Å². The Morgan fingerprint density at radius 3 is 2.46 bits per heavy atom. The van der Waals surface area contributed by atoms with E-state index in [4.69, 9.17) is 0 Å². The fourth-order valence-corrected chi connectivity index (χ4v) is 7.90. The van der Waals surface area contributed by atoms with Gasteiger partial charge in [0.05, 0.1) is 22.2 Å². The molecule has 0 bridgehead atoms. The van der Waals surface area contributed by atoms with Crippen LogP contribution in [0.25, 0.3) is 0 Å². The molecular formula is C28H19F3N4O4S2. The van der Waals surface area contributed by atoms with E-state index in [1.54, 1.807) is 54.9 Å². The molecular weight excluding hydrogens is 577 g/mol. The minimum atomic E-state index is -4.59. The van der Waals surface area contributed by atoms with Crippen molar-refractivity contribution in [3.05, 3.63) is 105 Å². The molecule has 1 N–H and O–H groups in total. The van der Waals surface area contributed by atoms with Crippen molar-refractivity contribution in [3.63, 3.8) is 0 Å². The predicted molar refractivity (Wildman–Crippen MR) is 147 cm³/mol. The first kappa shape index (κ1) is 27.0. The van der Waals surface area contributed by atoms with Crippen LogP contribution in [-0.2, 0) is 27.1 Å². The van der Waals surface area contributed by atoms with Crippen LogP contribution in [0.5, 0.6) is 0 Å². The molecule has 0 unspecified atom stereocenters. The summed E-state index contributed by atoms with van der Waals surface area (Å²) in [5.41, 5.74) is 0.0808. The molecule has 1 fully saturated rings. The van der Waals surface area contributed by atoms with E-state index < -0.39 is 58.0 Å². The van der Waals surface area contributed by atoms with E-state index in [1.165, 1.54) is 16.7 Å². The van der Waals surface area contributed by atoms with Crippen molar-refractivity contribution in [1.82, 2.24) is 9.55 Å². The number of carbonyl (C=O) groups is 3. The molecule has 4 heterocycles. The number of anilines is 2. The van der Waals surface area contributed by atoms with Gasteiger partial charge in [-0.15, -0.1) is 0 Å². The van der Waals surface area contributed by atoms with Crippen LogP contribution in [0, 0.1) is 5.92 Å². The largest absolute Gasteiger partial charge is 0.416 e. The number of nitrogens with one attached hydrogen (secondary N) is 1. The predicted octanol–water partition coefficient (Wildman–Crippen LogP) is 4.76. The zero-order chi connectivity index (χ0) is 28.9. The molecule has 2 aliphatic rings. The maximum atomic E-state index is 13.8. The number of para-hydroxylation sites is 1. The summed E-state index contributed by atoms with van der Waals surface area (Å²) in [5.74, 6) is -3.02. The van der Waals surface area contributed by atoms with Crippen molar-refractivity contribution in [2.45, 2.75) is 28.9 Å². The number of hydrogen-bond acceptors (Lipinski definition) is 7. The van der Waals surface area contributed by atoms with Crippen molar-refractivity contribution < 1.29 is 27.6 Å². The average molecular weight is 597 g/mol. The number of aromatic nitrogens is 2. The van der Waals surface area contributed by atoms with Gasteiger partial charge in [0, 0.05) is 28.9 Å². The number of imide groups is 1. The molecule has 41 heavy (non-hydrogen) atoms. The van der Waals surface area contributed by atoms with Gasteiger partial charge in [-0.3, -0.25) is 28.7 Å². The number of pyridine rings is 1. The minimum absolute atomic E-state index is 0.0713. The number of alkyl halides is 3. The number of thioether (sulfide) groups is 1. The van der Waals surface area contributed by atoms with Gasteiger partial charge in [-0.25, -0.2) is 4.90 Å². The normalized spacial score (nSPS) is 20.1. The van der Waals surface area contributed by atoms with Crippen LogP contribution in [0.2, 0.25) is 0 Å². The van der Waals surface area contributed by atoms with E-state index in [0.717, 1.165) is 40.1 Å². The van der Waals surface area contributed by atoms with Gasteiger partial charge in [0.15, 0.2) is 0 Å². The molecule has 0 saturated carbocycles. The second-order valence-electron chi connectivity index (χ2n) is 9.43. The second kappa shape index (κ2) is 10.3. The lowest BCUT2D eigenvalue weighted by Crippen LogP contribution is -2.33. The number of benzene rings is 2. The van der Waals surface area contributed by atoms with Crippen molar-refractivity contribution in [2.75, 3.05) is 10.2 Å². The summed E-state index contributed by atoms with van der Waals surface area (Å²) < 4.78 is 40.5. The van der Waals surface area contributed by atoms with Gasteiger partial charge in [0.25, 0.3) is 0 Å². The summed E-state index contributed by atoms with van der Waals surface area (Å²) in [4.78, 5) is 58.9. The number of fused-ring (bicyclic) bond motifs is 2. The van der Waals surface area contributed by atoms with Crippen LogP contribution in [-0.4, -0.2) is 32.5 Å². The van der Waals surface area contributed by atoms with E-state index in [1.807, 2.05) is 0 Å². The zero-order valence-corrected chi connectivity index (χ0v) is 22.5.